The number of fused-ring (bicyclic) bond motifs is 3. The van der Waals surface area contributed by atoms with E-state index in [4.69, 9.17) is 0 Å². The molecular formula is C20H14. The molecule has 0 aliphatic rings. The summed E-state index contributed by atoms with van der Waals surface area (Å²) in [5.74, 6) is 0. The lowest BCUT2D eigenvalue weighted by molar-refractivity contribution is 1.66. The molecule has 0 aliphatic carbocycles. The maximum Gasteiger partial charge on any atom is -0.00268 e. The molecule has 0 atom stereocenters. The van der Waals surface area contributed by atoms with Gasteiger partial charge in [0.25, 0.3) is 0 Å². The van der Waals surface area contributed by atoms with E-state index in [1.165, 1.54) is 32.7 Å². The first-order chi connectivity index (χ1) is 9.93. The van der Waals surface area contributed by atoms with E-state index in [0.29, 0.717) is 0 Å². The molecule has 0 nitrogen and oxygen atoms in total. The van der Waals surface area contributed by atoms with Crippen molar-refractivity contribution in [3.05, 3.63) is 84.9 Å². The standard InChI is InChI=1S/C20H14/c1-2-7-15(8-3-1)19-12-6-10-17-14-13-16-9-4-5-11-18(16)20(17)19/h1-14H. The first kappa shape index (κ1) is 11.2. The van der Waals surface area contributed by atoms with E-state index in [1.807, 2.05) is 0 Å². The van der Waals surface area contributed by atoms with E-state index >= 15 is 0 Å². The van der Waals surface area contributed by atoms with Crippen molar-refractivity contribution in [2.24, 2.45) is 0 Å². The van der Waals surface area contributed by atoms with E-state index in [-0.39, 0.29) is 0 Å². The maximum absolute atomic E-state index is 2.21. The topological polar surface area (TPSA) is 0 Å². The summed E-state index contributed by atoms with van der Waals surface area (Å²) in [5, 5.41) is 5.26. The number of hydrogen-bond acceptors (Lipinski definition) is 0. The first-order valence-corrected chi connectivity index (χ1v) is 6.89. The summed E-state index contributed by atoms with van der Waals surface area (Å²) < 4.78 is 0. The quantitative estimate of drug-likeness (QED) is 0.384. The van der Waals surface area contributed by atoms with Crippen LogP contribution in [0.5, 0.6) is 0 Å². The van der Waals surface area contributed by atoms with Crippen LogP contribution >= 0.6 is 0 Å². The zero-order valence-corrected chi connectivity index (χ0v) is 11.1. The molecule has 0 aromatic heterocycles. The van der Waals surface area contributed by atoms with Crippen LogP contribution in [0, 0.1) is 0 Å². The molecule has 0 N–H and O–H groups in total. The molecule has 0 saturated heterocycles. The van der Waals surface area contributed by atoms with Gasteiger partial charge in [-0.15, -0.1) is 0 Å². The third kappa shape index (κ3) is 1.70. The molecule has 4 aromatic rings. The van der Waals surface area contributed by atoms with Crippen molar-refractivity contribution < 1.29 is 0 Å². The number of rotatable bonds is 1. The average Bonchev–Trinajstić information content (AvgIpc) is 2.55. The molecule has 94 valence electrons. The summed E-state index contributed by atoms with van der Waals surface area (Å²) in [6.45, 7) is 0. The zero-order valence-electron chi connectivity index (χ0n) is 11.1. The van der Waals surface area contributed by atoms with Crippen molar-refractivity contribution in [1.82, 2.24) is 0 Å². The van der Waals surface area contributed by atoms with Gasteiger partial charge in [0.15, 0.2) is 0 Å². The van der Waals surface area contributed by atoms with Gasteiger partial charge in [-0.1, -0.05) is 84.9 Å². The Balaban J connectivity index is 2.19. The fourth-order valence-electron chi connectivity index (χ4n) is 2.92. The van der Waals surface area contributed by atoms with E-state index < -0.39 is 0 Å². The molecule has 0 saturated carbocycles. The Morgan fingerprint density at radius 1 is 0.450 bits per heavy atom. The minimum atomic E-state index is 1.27. The third-order valence-corrected chi connectivity index (χ3v) is 3.85. The van der Waals surface area contributed by atoms with Crippen molar-refractivity contribution in [3.63, 3.8) is 0 Å². The van der Waals surface area contributed by atoms with Crippen LogP contribution in [0.4, 0.5) is 0 Å². The molecule has 0 spiro atoms. The van der Waals surface area contributed by atoms with Crippen molar-refractivity contribution in [1.29, 1.82) is 0 Å². The summed E-state index contributed by atoms with van der Waals surface area (Å²) in [7, 11) is 0. The molecule has 20 heavy (non-hydrogen) atoms. The molecule has 0 amide bonds. The lowest BCUT2D eigenvalue weighted by atomic mass is 9.94. The van der Waals surface area contributed by atoms with E-state index in [1.54, 1.807) is 0 Å². The Labute approximate surface area is 118 Å². The zero-order chi connectivity index (χ0) is 13.4. The van der Waals surface area contributed by atoms with Gasteiger partial charge < -0.3 is 0 Å². The van der Waals surface area contributed by atoms with E-state index in [9.17, 15) is 0 Å². The van der Waals surface area contributed by atoms with Crippen LogP contribution < -0.4 is 0 Å². The molecule has 0 fully saturated rings. The van der Waals surface area contributed by atoms with E-state index in [2.05, 4.69) is 84.9 Å². The van der Waals surface area contributed by atoms with Crippen molar-refractivity contribution in [2.75, 3.05) is 0 Å². The molecule has 0 aliphatic heterocycles. The van der Waals surface area contributed by atoms with Gasteiger partial charge in [0.2, 0.25) is 0 Å². The molecule has 0 radical (unpaired) electrons. The molecule has 0 bridgehead atoms. The molecule has 0 unspecified atom stereocenters. The highest BCUT2D eigenvalue weighted by molar-refractivity contribution is 6.14. The van der Waals surface area contributed by atoms with Crippen molar-refractivity contribution in [2.45, 2.75) is 0 Å². The molecule has 0 heteroatoms. The molecule has 4 rings (SSSR count). The predicted molar refractivity (Wildman–Crippen MR) is 86.9 cm³/mol. The van der Waals surface area contributed by atoms with Gasteiger partial charge in [-0.05, 0) is 32.7 Å². The minimum Gasteiger partial charge on any atom is -0.0622 e. The van der Waals surface area contributed by atoms with Gasteiger partial charge in [0, 0.05) is 0 Å². The van der Waals surface area contributed by atoms with Crippen LogP contribution in [-0.4, -0.2) is 0 Å². The van der Waals surface area contributed by atoms with Gasteiger partial charge in [0.05, 0.1) is 0 Å². The fourth-order valence-corrected chi connectivity index (χ4v) is 2.92. The van der Waals surface area contributed by atoms with Crippen molar-refractivity contribution >= 4 is 21.5 Å². The summed E-state index contributed by atoms with van der Waals surface area (Å²) >= 11 is 0. The largest absolute Gasteiger partial charge is 0.0622 e. The Kier molecular flexibility index (Phi) is 2.53. The normalized spacial score (nSPS) is 11.0. The fraction of sp³-hybridized carbons (Fsp3) is 0. The van der Waals surface area contributed by atoms with Crippen LogP contribution in [0.3, 0.4) is 0 Å². The Bertz CT molecular complexity index is 889. The second-order valence-electron chi connectivity index (χ2n) is 5.06. The van der Waals surface area contributed by atoms with Gasteiger partial charge in [0.1, 0.15) is 0 Å². The lowest BCUT2D eigenvalue weighted by Gasteiger charge is -2.10. The second kappa shape index (κ2) is 4.50. The van der Waals surface area contributed by atoms with Gasteiger partial charge in [-0.2, -0.15) is 0 Å². The Hall–Kier alpha value is -2.60. The van der Waals surface area contributed by atoms with Crippen LogP contribution in [-0.2, 0) is 0 Å². The summed E-state index contributed by atoms with van der Waals surface area (Å²) in [6.07, 6.45) is 0. The minimum absolute atomic E-state index is 1.27. The van der Waals surface area contributed by atoms with Crippen molar-refractivity contribution in [3.8, 4) is 11.1 Å². The van der Waals surface area contributed by atoms with Gasteiger partial charge in [-0.3, -0.25) is 0 Å². The number of benzene rings is 4. The highest BCUT2D eigenvalue weighted by atomic mass is 14.1. The maximum atomic E-state index is 2.21. The third-order valence-electron chi connectivity index (χ3n) is 3.85. The Morgan fingerprint density at radius 3 is 2.05 bits per heavy atom. The predicted octanol–water partition coefficient (Wildman–Crippen LogP) is 5.66. The highest BCUT2D eigenvalue weighted by Gasteiger charge is 2.06. The monoisotopic (exact) mass is 254 g/mol. The molecular weight excluding hydrogens is 240 g/mol. The average molecular weight is 254 g/mol. The highest BCUT2D eigenvalue weighted by Crippen LogP contribution is 2.34. The number of hydrogen-bond donors (Lipinski definition) is 0. The van der Waals surface area contributed by atoms with Crippen LogP contribution in [0.25, 0.3) is 32.7 Å². The van der Waals surface area contributed by atoms with Gasteiger partial charge >= 0.3 is 0 Å². The summed E-state index contributed by atoms with van der Waals surface area (Å²) in [6, 6.07) is 30.2. The van der Waals surface area contributed by atoms with Crippen LogP contribution in [0.1, 0.15) is 0 Å². The summed E-state index contributed by atoms with van der Waals surface area (Å²) in [5.41, 5.74) is 2.58. The summed E-state index contributed by atoms with van der Waals surface area (Å²) in [4.78, 5) is 0. The lowest BCUT2D eigenvalue weighted by Crippen LogP contribution is -1.83. The Morgan fingerprint density at radius 2 is 1.15 bits per heavy atom. The van der Waals surface area contributed by atoms with Crippen LogP contribution in [0.2, 0.25) is 0 Å². The molecule has 4 aromatic carbocycles. The molecule has 0 heterocycles. The first-order valence-electron chi connectivity index (χ1n) is 6.89. The SMILES string of the molecule is c1ccc(-c2cccc3ccc4ccccc4c23)cc1. The second-order valence-corrected chi connectivity index (χ2v) is 5.06. The van der Waals surface area contributed by atoms with Crippen LogP contribution in [0.15, 0.2) is 84.9 Å². The van der Waals surface area contributed by atoms with E-state index in [0.717, 1.165) is 0 Å². The van der Waals surface area contributed by atoms with Gasteiger partial charge in [-0.25, -0.2) is 0 Å². The smallest absolute Gasteiger partial charge is 0.00268 e.